The van der Waals surface area contributed by atoms with Crippen LogP contribution in [-0.2, 0) is 46.1 Å². The molecule has 0 aliphatic heterocycles. The SMILES string of the molecule is CCC(OC)Oc1cc(CNC(=O)CC(F)(F)F)cc(NS(=O)(=O)C(F)(F)C(F)(F)C(F)(F)S(=O)(=O)NS(C)(=O)=O)c1. The molecule has 0 saturated heterocycles. The molecule has 3 N–H and O–H groups in total. The van der Waals surface area contributed by atoms with Crippen LogP contribution in [0.3, 0.4) is 0 Å². The number of carbonyl (C=O) groups excluding carboxylic acids is 1. The number of sulfonamides is 3. The number of methoxy groups -OCH3 is 1. The lowest BCUT2D eigenvalue weighted by Crippen LogP contribution is -2.63. The highest BCUT2D eigenvalue weighted by atomic mass is 32.3. The summed E-state index contributed by atoms with van der Waals surface area (Å²) in [4.78, 5) is 11.5. The molecule has 42 heavy (non-hydrogen) atoms. The van der Waals surface area contributed by atoms with Gasteiger partial charge in [0, 0.05) is 26.1 Å². The van der Waals surface area contributed by atoms with E-state index >= 15 is 0 Å². The number of benzene rings is 1. The van der Waals surface area contributed by atoms with Gasteiger partial charge in [0.2, 0.25) is 15.9 Å². The number of ether oxygens (including phenoxy) is 2. The highest BCUT2D eigenvalue weighted by molar-refractivity contribution is 8.05. The summed E-state index contributed by atoms with van der Waals surface area (Å²) in [6.45, 7) is 0.638. The molecule has 1 unspecified atom stereocenters. The Morgan fingerprint density at radius 1 is 0.881 bits per heavy atom. The Morgan fingerprint density at radius 2 is 1.40 bits per heavy atom. The summed E-state index contributed by atoms with van der Waals surface area (Å²) in [7, 11) is -18.4. The third-order valence-corrected chi connectivity index (χ3v) is 9.06. The molecule has 12 nitrogen and oxygen atoms in total. The molecular formula is C18H22F9N3O9S3. The van der Waals surface area contributed by atoms with Gasteiger partial charge >= 0.3 is 32.6 Å². The zero-order valence-corrected chi connectivity index (χ0v) is 23.7. The molecule has 0 spiro atoms. The number of anilines is 1. The van der Waals surface area contributed by atoms with Crippen molar-refractivity contribution in [3.05, 3.63) is 23.8 Å². The average Bonchev–Trinajstić information content (AvgIpc) is 2.77. The maximum atomic E-state index is 14.5. The second-order valence-corrected chi connectivity index (χ2v) is 13.7. The zero-order valence-electron chi connectivity index (χ0n) is 21.2. The van der Waals surface area contributed by atoms with E-state index in [4.69, 9.17) is 9.47 Å². The van der Waals surface area contributed by atoms with Gasteiger partial charge in [-0.05, 0) is 17.7 Å². The Morgan fingerprint density at radius 3 is 1.86 bits per heavy atom. The van der Waals surface area contributed by atoms with Crippen LogP contribution in [0.5, 0.6) is 5.75 Å². The number of alkyl halides is 9. The Balaban J connectivity index is 3.54. The van der Waals surface area contributed by atoms with Gasteiger partial charge in [-0.1, -0.05) is 6.92 Å². The van der Waals surface area contributed by atoms with E-state index in [1.165, 1.54) is 6.92 Å². The van der Waals surface area contributed by atoms with Gasteiger partial charge in [0.15, 0.2) is 6.29 Å². The second kappa shape index (κ2) is 12.6. The monoisotopic (exact) mass is 691 g/mol. The van der Waals surface area contributed by atoms with E-state index in [9.17, 15) is 69.6 Å². The van der Waals surface area contributed by atoms with E-state index in [-0.39, 0.29) is 16.8 Å². The van der Waals surface area contributed by atoms with E-state index in [0.29, 0.717) is 12.1 Å². The number of halogens is 9. The fourth-order valence-corrected chi connectivity index (χ4v) is 6.33. The van der Waals surface area contributed by atoms with Gasteiger partial charge in [-0.3, -0.25) is 9.52 Å². The lowest BCUT2D eigenvalue weighted by atomic mass is 10.2. The number of carbonyl (C=O) groups is 1. The molecule has 0 radical (unpaired) electrons. The van der Waals surface area contributed by atoms with Crippen molar-refractivity contribution in [2.24, 2.45) is 0 Å². The Hall–Kier alpha value is -2.57. The molecule has 0 fully saturated rings. The smallest absolute Gasteiger partial charge is 0.433 e. The van der Waals surface area contributed by atoms with Gasteiger partial charge < -0.3 is 14.8 Å². The van der Waals surface area contributed by atoms with E-state index in [1.54, 1.807) is 5.32 Å². The van der Waals surface area contributed by atoms with E-state index in [1.807, 2.05) is 0 Å². The first-order valence-electron chi connectivity index (χ1n) is 10.7. The summed E-state index contributed by atoms with van der Waals surface area (Å²) in [5.74, 6) is -9.44. The highest BCUT2D eigenvalue weighted by Crippen LogP contribution is 2.51. The van der Waals surface area contributed by atoms with Crippen molar-refractivity contribution in [2.45, 2.75) is 55.2 Å². The van der Waals surface area contributed by atoms with Crippen molar-refractivity contribution in [1.82, 2.24) is 9.44 Å². The predicted molar refractivity (Wildman–Crippen MR) is 125 cm³/mol. The van der Waals surface area contributed by atoms with Crippen LogP contribution in [0.1, 0.15) is 25.3 Å². The third-order valence-electron chi connectivity index (χ3n) is 4.60. The van der Waals surface area contributed by atoms with Crippen molar-refractivity contribution in [3.8, 4) is 5.75 Å². The van der Waals surface area contributed by atoms with Gasteiger partial charge in [0.05, 0.1) is 11.9 Å². The van der Waals surface area contributed by atoms with E-state index in [2.05, 4.69) is 0 Å². The van der Waals surface area contributed by atoms with Gasteiger partial charge in [0.1, 0.15) is 12.2 Å². The molecule has 0 saturated carbocycles. The van der Waals surface area contributed by atoms with Gasteiger partial charge in [-0.25, -0.2) is 16.8 Å². The first kappa shape index (κ1) is 37.5. The number of rotatable bonds is 15. The molecule has 1 rings (SSSR count). The first-order chi connectivity index (χ1) is 18.6. The van der Waals surface area contributed by atoms with Crippen LogP contribution < -0.4 is 18.9 Å². The molecule has 24 heteroatoms. The molecule has 0 aromatic heterocycles. The van der Waals surface area contributed by atoms with Crippen LogP contribution in [0, 0.1) is 0 Å². The Kier molecular flexibility index (Phi) is 11.2. The van der Waals surface area contributed by atoms with Crippen molar-refractivity contribution in [1.29, 1.82) is 0 Å². The first-order valence-corrected chi connectivity index (χ1v) is 15.5. The number of hydrogen-bond acceptors (Lipinski definition) is 9. The van der Waals surface area contributed by atoms with Crippen molar-refractivity contribution in [2.75, 3.05) is 18.1 Å². The lowest BCUT2D eigenvalue weighted by Gasteiger charge is -2.31. The molecule has 244 valence electrons. The van der Waals surface area contributed by atoms with Crippen LogP contribution in [0.4, 0.5) is 45.2 Å². The zero-order chi connectivity index (χ0) is 33.2. The molecule has 0 heterocycles. The van der Waals surface area contributed by atoms with Gasteiger partial charge in [0.25, 0.3) is 10.0 Å². The van der Waals surface area contributed by atoms with E-state index in [0.717, 1.165) is 17.9 Å². The van der Waals surface area contributed by atoms with E-state index < -0.39 is 94.8 Å². The summed E-state index contributed by atoms with van der Waals surface area (Å²) in [6.07, 6.45) is -8.05. The molecule has 0 bridgehead atoms. The average molecular weight is 692 g/mol. The van der Waals surface area contributed by atoms with Gasteiger partial charge in [-0.15, -0.1) is 4.13 Å². The summed E-state index contributed by atoms with van der Waals surface area (Å²) in [5, 5.41) is -12.3. The van der Waals surface area contributed by atoms with Crippen molar-refractivity contribution < 1.29 is 79.0 Å². The minimum Gasteiger partial charge on any atom is -0.465 e. The third kappa shape index (κ3) is 8.97. The number of hydrogen-bond donors (Lipinski definition) is 3. The molecule has 1 amide bonds. The largest absolute Gasteiger partial charge is 0.465 e. The summed E-state index contributed by atoms with van der Waals surface area (Å²) >= 11 is 0. The van der Waals surface area contributed by atoms with Crippen LogP contribution in [-0.4, -0.2) is 73.4 Å². The van der Waals surface area contributed by atoms with Gasteiger partial charge in [-0.2, -0.15) is 47.9 Å². The number of nitrogens with one attached hydrogen (secondary N) is 3. The maximum absolute atomic E-state index is 14.5. The summed E-state index contributed by atoms with van der Waals surface area (Å²) < 4.78 is 203. The Labute approximate surface area is 233 Å². The predicted octanol–water partition coefficient (Wildman–Crippen LogP) is 2.46. The molecule has 0 aliphatic rings. The molecular weight excluding hydrogens is 669 g/mol. The lowest BCUT2D eigenvalue weighted by molar-refractivity contribution is -0.243. The normalized spacial score (nSPS) is 14.8. The molecule has 1 atom stereocenters. The molecule has 0 aliphatic carbocycles. The fraction of sp³-hybridized carbons (Fsp3) is 0.611. The minimum absolute atomic E-state index is 0.0290. The standard InChI is InChI=1S/C18H22F9N3O9S3/c1-4-14(38-2)39-12-6-10(9-28-13(31)8-15(19,20)21)5-11(7-12)29-41(34,35)17(24,25)16(22,23)18(26,27)42(36,37)30-40(3,32)33/h5-7,14,29-30H,4,8-9H2,1-3H3,(H,28,31). The summed E-state index contributed by atoms with van der Waals surface area (Å²) in [6, 6.07) is 1.95. The number of amides is 1. The topological polar surface area (TPSA) is 174 Å². The minimum atomic E-state index is -7.33. The van der Waals surface area contributed by atoms with Crippen molar-refractivity contribution in [3.63, 3.8) is 0 Å². The quantitative estimate of drug-likeness (QED) is 0.184. The molecule has 1 aromatic carbocycles. The van der Waals surface area contributed by atoms with Crippen LogP contribution in [0.2, 0.25) is 0 Å². The van der Waals surface area contributed by atoms with Crippen LogP contribution in [0.25, 0.3) is 0 Å². The highest BCUT2D eigenvalue weighted by Gasteiger charge is 2.82. The second-order valence-electron chi connectivity index (χ2n) is 8.20. The van der Waals surface area contributed by atoms with Crippen LogP contribution >= 0.6 is 0 Å². The summed E-state index contributed by atoms with van der Waals surface area (Å²) in [5.41, 5.74) is -1.55. The maximum Gasteiger partial charge on any atom is 0.433 e. The van der Waals surface area contributed by atoms with Crippen LogP contribution in [0.15, 0.2) is 18.2 Å². The fourth-order valence-electron chi connectivity index (χ4n) is 2.76. The Bertz CT molecular complexity index is 1460. The molecule has 1 aromatic rings. The van der Waals surface area contributed by atoms with Crippen molar-refractivity contribution >= 4 is 41.7 Å².